The molecule has 3 aromatic carbocycles. The van der Waals surface area contributed by atoms with Crippen molar-refractivity contribution in [2.45, 2.75) is 12.8 Å². The summed E-state index contributed by atoms with van der Waals surface area (Å²) in [5, 5.41) is 20.1. The molecule has 0 unspecified atom stereocenters. The number of phenols is 2. The molecule has 0 heterocycles. The largest absolute Gasteiger partial charge is 0.508 e. The van der Waals surface area contributed by atoms with Crippen LogP contribution in [-0.2, 0) is 12.8 Å². The lowest BCUT2D eigenvalue weighted by atomic mass is 9.92. The predicted molar refractivity (Wildman–Crippen MR) is 97.1 cm³/mol. The third-order valence-corrected chi connectivity index (χ3v) is 4.22. The lowest BCUT2D eigenvalue weighted by Gasteiger charge is -2.16. The van der Waals surface area contributed by atoms with Crippen LogP contribution in [0.4, 0.5) is 11.4 Å². The summed E-state index contributed by atoms with van der Waals surface area (Å²) >= 11 is 0. The summed E-state index contributed by atoms with van der Waals surface area (Å²) in [6, 6.07) is 18.1. The zero-order valence-corrected chi connectivity index (χ0v) is 13.2. The summed E-state index contributed by atoms with van der Waals surface area (Å²) in [4.78, 5) is 0. The number of anilines is 2. The first-order valence-electron chi connectivity index (χ1n) is 7.75. The number of hydrogen-bond donors (Lipinski definition) is 4. The molecule has 0 saturated heterocycles. The average molecular weight is 320 g/mol. The molecule has 0 aliphatic rings. The quantitative estimate of drug-likeness (QED) is 0.554. The summed E-state index contributed by atoms with van der Waals surface area (Å²) in [5.74, 6) is 0.481. The molecule has 0 bridgehead atoms. The van der Waals surface area contributed by atoms with Crippen molar-refractivity contribution in [1.29, 1.82) is 0 Å². The maximum Gasteiger partial charge on any atom is 0.119 e. The molecule has 0 radical (unpaired) electrons. The van der Waals surface area contributed by atoms with Crippen LogP contribution in [0.3, 0.4) is 0 Å². The minimum Gasteiger partial charge on any atom is -0.508 e. The van der Waals surface area contributed by atoms with Gasteiger partial charge in [0.25, 0.3) is 0 Å². The summed E-state index contributed by atoms with van der Waals surface area (Å²) in [6.45, 7) is 0. The number of para-hydroxylation sites is 2. The lowest BCUT2D eigenvalue weighted by Crippen LogP contribution is -2.06. The van der Waals surface area contributed by atoms with Gasteiger partial charge >= 0.3 is 0 Å². The number of rotatable bonds is 4. The van der Waals surface area contributed by atoms with Crippen molar-refractivity contribution in [3.63, 3.8) is 0 Å². The Morgan fingerprint density at radius 3 is 1.75 bits per heavy atom. The molecule has 24 heavy (non-hydrogen) atoms. The molecule has 3 rings (SSSR count). The number of phenolic OH excluding ortho intramolecular Hbond substituents is 2. The molecule has 0 spiro atoms. The van der Waals surface area contributed by atoms with E-state index >= 15 is 0 Å². The number of hydrogen-bond acceptors (Lipinski definition) is 4. The van der Waals surface area contributed by atoms with Crippen LogP contribution in [0.2, 0.25) is 0 Å². The first-order chi connectivity index (χ1) is 11.6. The number of benzene rings is 3. The Morgan fingerprint density at radius 2 is 1.17 bits per heavy atom. The maximum atomic E-state index is 10.0. The second-order valence-corrected chi connectivity index (χ2v) is 5.82. The normalized spacial score (nSPS) is 10.7. The van der Waals surface area contributed by atoms with E-state index in [4.69, 9.17) is 11.5 Å². The molecule has 4 heteroatoms. The van der Waals surface area contributed by atoms with Crippen LogP contribution in [0.1, 0.15) is 22.3 Å². The maximum absolute atomic E-state index is 10.0. The monoisotopic (exact) mass is 320 g/mol. The van der Waals surface area contributed by atoms with E-state index in [2.05, 4.69) is 0 Å². The fourth-order valence-electron chi connectivity index (χ4n) is 2.82. The molecule has 0 fully saturated rings. The Bertz CT molecular complexity index is 875. The van der Waals surface area contributed by atoms with E-state index in [1.165, 1.54) is 0 Å². The van der Waals surface area contributed by atoms with Gasteiger partial charge in [0.15, 0.2) is 0 Å². The van der Waals surface area contributed by atoms with Gasteiger partial charge in [0.2, 0.25) is 0 Å². The van der Waals surface area contributed by atoms with E-state index in [-0.39, 0.29) is 11.5 Å². The smallest absolute Gasteiger partial charge is 0.119 e. The lowest BCUT2D eigenvalue weighted by molar-refractivity contribution is 0.468. The second-order valence-electron chi connectivity index (χ2n) is 5.82. The molecule has 0 aliphatic heterocycles. The molecule has 122 valence electrons. The van der Waals surface area contributed by atoms with Crippen molar-refractivity contribution in [2.24, 2.45) is 0 Å². The van der Waals surface area contributed by atoms with E-state index in [1.54, 1.807) is 30.3 Å². The van der Waals surface area contributed by atoms with Gasteiger partial charge in [-0.15, -0.1) is 0 Å². The Kier molecular flexibility index (Phi) is 4.29. The van der Waals surface area contributed by atoms with Crippen LogP contribution in [0, 0.1) is 0 Å². The highest BCUT2D eigenvalue weighted by Gasteiger charge is 2.13. The van der Waals surface area contributed by atoms with Gasteiger partial charge in [-0.3, -0.25) is 0 Å². The van der Waals surface area contributed by atoms with Crippen molar-refractivity contribution in [1.82, 2.24) is 0 Å². The summed E-state index contributed by atoms with van der Waals surface area (Å²) in [7, 11) is 0. The zero-order valence-electron chi connectivity index (χ0n) is 13.2. The second kappa shape index (κ2) is 6.54. The molecule has 0 aromatic heterocycles. The van der Waals surface area contributed by atoms with Gasteiger partial charge < -0.3 is 21.7 Å². The zero-order chi connectivity index (χ0) is 17.1. The first kappa shape index (κ1) is 15.7. The van der Waals surface area contributed by atoms with Crippen molar-refractivity contribution < 1.29 is 10.2 Å². The van der Waals surface area contributed by atoms with Gasteiger partial charge in [-0.25, -0.2) is 0 Å². The average Bonchev–Trinajstić information content (AvgIpc) is 2.58. The SMILES string of the molecule is Nc1ccc(Cc2ccccc2O)c(Cc2ccccc2O)c1N. The number of nitrogens with two attached hydrogens (primary N) is 2. The molecule has 0 amide bonds. The Hall–Kier alpha value is -3.14. The minimum atomic E-state index is 0.229. The van der Waals surface area contributed by atoms with E-state index in [0.717, 1.165) is 22.3 Å². The van der Waals surface area contributed by atoms with Crippen LogP contribution >= 0.6 is 0 Å². The first-order valence-corrected chi connectivity index (χ1v) is 7.75. The van der Waals surface area contributed by atoms with Gasteiger partial charge in [-0.05, 0) is 40.5 Å². The van der Waals surface area contributed by atoms with E-state index in [0.29, 0.717) is 24.2 Å². The fourth-order valence-corrected chi connectivity index (χ4v) is 2.82. The summed E-state index contributed by atoms with van der Waals surface area (Å²) in [5.41, 5.74) is 16.7. The topological polar surface area (TPSA) is 92.5 Å². The van der Waals surface area contributed by atoms with E-state index < -0.39 is 0 Å². The Balaban J connectivity index is 2.03. The van der Waals surface area contributed by atoms with Gasteiger partial charge in [-0.2, -0.15) is 0 Å². The van der Waals surface area contributed by atoms with Crippen LogP contribution in [0.15, 0.2) is 60.7 Å². The van der Waals surface area contributed by atoms with Crippen LogP contribution in [0.25, 0.3) is 0 Å². The van der Waals surface area contributed by atoms with Crippen molar-refractivity contribution in [3.8, 4) is 11.5 Å². The third kappa shape index (κ3) is 3.13. The summed E-state index contributed by atoms with van der Waals surface area (Å²) in [6.07, 6.45) is 1.02. The molecule has 6 N–H and O–H groups in total. The van der Waals surface area contributed by atoms with E-state index in [9.17, 15) is 10.2 Å². The number of aromatic hydroxyl groups is 2. The van der Waals surface area contributed by atoms with Crippen LogP contribution in [-0.4, -0.2) is 10.2 Å². The minimum absolute atomic E-state index is 0.229. The van der Waals surface area contributed by atoms with Crippen molar-refractivity contribution >= 4 is 11.4 Å². The van der Waals surface area contributed by atoms with Gasteiger partial charge in [0, 0.05) is 12.8 Å². The highest BCUT2D eigenvalue weighted by Crippen LogP contribution is 2.31. The van der Waals surface area contributed by atoms with Gasteiger partial charge in [0.1, 0.15) is 11.5 Å². The highest BCUT2D eigenvalue weighted by molar-refractivity contribution is 5.70. The molecular weight excluding hydrogens is 300 g/mol. The van der Waals surface area contributed by atoms with Gasteiger partial charge in [0.05, 0.1) is 11.4 Å². The molecule has 0 aliphatic carbocycles. The van der Waals surface area contributed by atoms with Gasteiger partial charge in [-0.1, -0.05) is 42.5 Å². The third-order valence-electron chi connectivity index (χ3n) is 4.22. The van der Waals surface area contributed by atoms with Crippen LogP contribution in [0.5, 0.6) is 11.5 Å². The molecule has 0 saturated carbocycles. The molecule has 4 nitrogen and oxygen atoms in total. The Morgan fingerprint density at radius 1 is 0.625 bits per heavy atom. The number of nitrogen functional groups attached to an aromatic ring is 2. The Labute approximate surface area is 141 Å². The highest BCUT2D eigenvalue weighted by atomic mass is 16.3. The molecular formula is C20H20N2O2. The standard InChI is InChI=1S/C20H20N2O2/c21-17-10-9-13(11-14-5-1-3-7-18(14)23)16(20(17)22)12-15-6-2-4-8-19(15)24/h1-10,23-24H,11-12,21-22H2. The predicted octanol–water partition coefficient (Wildman–Crippen LogP) is 3.44. The van der Waals surface area contributed by atoms with Crippen molar-refractivity contribution in [3.05, 3.63) is 82.9 Å². The summed E-state index contributed by atoms with van der Waals surface area (Å²) < 4.78 is 0. The van der Waals surface area contributed by atoms with E-state index in [1.807, 2.05) is 30.3 Å². The molecule has 3 aromatic rings. The fraction of sp³-hybridized carbons (Fsp3) is 0.100. The molecule has 0 atom stereocenters. The van der Waals surface area contributed by atoms with Crippen LogP contribution < -0.4 is 11.5 Å². The van der Waals surface area contributed by atoms with Crippen molar-refractivity contribution in [2.75, 3.05) is 11.5 Å².